The van der Waals surface area contributed by atoms with Gasteiger partial charge in [0.1, 0.15) is 0 Å². The van der Waals surface area contributed by atoms with Crippen molar-refractivity contribution in [3.05, 3.63) is 48.6 Å². The van der Waals surface area contributed by atoms with Crippen molar-refractivity contribution in [3.63, 3.8) is 0 Å². The Morgan fingerprint density at radius 1 is 0.520 bits per heavy atom. The maximum absolute atomic E-state index is 11.9. The van der Waals surface area contributed by atoms with Crippen LogP contribution in [0.25, 0.3) is 0 Å². The molecule has 1 saturated heterocycles. The van der Waals surface area contributed by atoms with Crippen molar-refractivity contribution < 1.29 is 19.0 Å². The molecule has 5 nitrogen and oxygen atoms in total. The van der Waals surface area contributed by atoms with Crippen molar-refractivity contribution in [1.29, 1.82) is 0 Å². The molecule has 5 heteroatoms. The first-order valence-corrected chi connectivity index (χ1v) is 21.4. The minimum absolute atomic E-state index is 0.0970. The van der Waals surface area contributed by atoms with E-state index < -0.39 is 0 Å². The number of carbonyl (C=O) groups excluding carboxylic acids is 1. The van der Waals surface area contributed by atoms with Gasteiger partial charge >= 0.3 is 5.97 Å². The molecule has 1 aliphatic heterocycles. The zero-order valence-electron chi connectivity index (χ0n) is 33.3. The van der Waals surface area contributed by atoms with Gasteiger partial charge in [0.2, 0.25) is 0 Å². The van der Waals surface area contributed by atoms with Crippen LogP contribution >= 0.6 is 0 Å². The molecular formula is C45H81NO4. The van der Waals surface area contributed by atoms with Crippen molar-refractivity contribution >= 4 is 5.97 Å². The molecule has 0 aromatic carbocycles. The molecule has 0 aromatic heterocycles. The van der Waals surface area contributed by atoms with Crippen LogP contribution < -0.4 is 0 Å². The Hall–Kier alpha value is -1.69. The average molecular weight is 700 g/mol. The van der Waals surface area contributed by atoms with Crippen LogP contribution in [0.2, 0.25) is 0 Å². The van der Waals surface area contributed by atoms with Crippen LogP contribution in [0, 0.1) is 0 Å². The van der Waals surface area contributed by atoms with Gasteiger partial charge in [0, 0.05) is 32.8 Å². The molecule has 0 spiro atoms. The first-order chi connectivity index (χ1) is 24.7. The predicted molar refractivity (Wildman–Crippen MR) is 216 cm³/mol. The summed E-state index contributed by atoms with van der Waals surface area (Å²) in [7, 11) is 0. The van der Waals surface area contributed by atoms with Gasteiger partial charge in [0.25, 0.3) is 0 Å². The second-order valence-corrected chi connectivity index (χ2v) is 14.3. The Morgan fingerprint density at radius 2 is 0.900 bits per heavy atom. The van der Waals surface area contributed by atoms with E-state index in [1.165, 1.54) is 128 Å². The zero-order valence-corrected chi connectivity index (χ0v) is 33.3. The average Bonchev–Trinajstić information content (AvgIpc) is 3.51. The van der Waals surface area contributed by atoms with Crippen LogP contribution in [0.4, 0.5) is 0 Å². The molecule has 0 radical (unpaired) electrons. The van der Waals surface area contributed by atoms with Gasteiger partial charge in [-0.15, -0.1) is 0 Å². The van der Waals surface area contributed by atoms with E-state index in [-0.39, 0.29) is 18.2 Å². The fraction of sp³-hybridized carbons (Fsp3) is 0.800. The van der Waals surface area contributed by atoms with Crippen molar-refractivity contribution in [2.75, 3.05) is 39.5 Å². The van der Waals surface area contributed by atoms with E-state index in [9.17, 15) is 4.79 Å². The molecule has 0 aliphatic carbocycles. The summed E-state index contributed by atoms with van der Waals surface area (Å²) >= 11 is 0. The highest BCUT2D eigenvalue weighted by Gasteiger charge is 2.34. The number of unbranched alkanes of at least 4 members (excludes halogenated alkanes) is 18. The van der Waals surface area contributed by atoms with Crippen molar-refractivity contribution in [3.8, 4) is 0 Å². The van der Waals surface area contributed by atoms with Crippen LogP contribution in [0.15, 0.2) is 48.6 Å². The van der Waals surface area contributed by atoms with Gasteiger partial charge < -0.3 is 14.2 Å². The molecule has 0 N–H and O–H groups in total. The standard InChI is InChI=1S/C45H81NO4/c1-4-7-9-11-13-15-17-19-21-23-25-27-29-31-33-35-39-49-43-41-46(38-37-45(47)48-6-3)42-44(43)50-40-36-34-32-30-28-26-24-22-20-18-16-14-12-10-8-5-2/h13-16,19-22,43-44H,4-12,17-18,23-42H2,1-3H3/b15-13-,16-14-,21-19-,22-20-/t43-,44-/m1/s1. The molecule has 290 valence electrons. The van der Waals surface area contributed by atoms with Crippen molar-refractivity contribution in [2.45, 2.75) is 193 Å². The smallest absolute Gasteiger partial charge is 0.307 e. The fourth-order valence-corrected chi connectivity index (χ4v) is 6.45. The number of ether oxygens (including phenoxy) is 3. The minimum atomic E-state index is -0.114. The van der Waals surface area contributed by atoms with Gasteiger partial charge in [-0.05, 0) is 84.0 Å². The molecule has 0 saturated carbocycles. The summed E-state index contributed by atoms with van der Waals surface area (Å²) < 4.78 is 17.9. The number of hydrogen-bond donors (Lipinski definition) is 0. The van der Waals surface area contributed by atoms with Gasteiger partial charge in [-0.3, -0.25) is 9.69 Å². The zero-order chi connectivity index (χ0) is 36.0. The Kier molecular flexibility index (Phi) is 34.4. The Labute approximate surface area is 310 Å². The normalized spacial score (nSPS) is 17.1. The van der Waals surface area contributed by atoms with E-state index in [1.807, 2.05) is 6.92 Å². The molecule has 0 amide bonds. The Bertz CT molecular complexity index is 792. The second-order valence-electron chi connectivity index (χ2n) is 14.3. The third-order valence-electron chi connectivity index (χ3n) is 9.58. The SMILES string of the molecule is CCCCC/C=C\C/C=C\CCCCCCCCO[C@@H]1CN(CCC(=O)OCC)C[C@H]1OCCCCCCCC/C=C\C/C=C\CCCCC. The predicted octanol–water partition coefficient (Wildman–Crippen LogP) is 12.7. The highest BCUT2D eigenvalue weighted by atomic mass is 16.5. The van der Waals surface area contributed by atoms with E-state index in [2.05, 4.69) is 67.4 Å². The Morgan fingerprint density at radius 3 is 1.30 bits per heavy atom. The summed E-state index contributed by atoms with van der Waals surface area (Å²) in [6.45, 7) is 10.8. The molecule has 50 heavy (non-hydrogen) atoms. The van der Waals surface area contributed by atoms with Gasteiger partial charge in [0.05, 0.1) is 25.2 Å². The van der Waals surface area contributed by atoms with Crippen LogP contribution in [-0.4, -0.2) is 62.5 Å². The summed E-state index contributed by atoms with van der Waals surface area (Å²) in [5.74, 6) is -0.114. The monoisotopic (exact) mass is 700 g/mol. The summed E-state index contributed by atoms with van der Waals surface area (Å²) in [6.07, 6.45) is 49.4. The van der Waals surface area contributed by atoms with Gasteiger partial charge in [-0.2, -0.15) is 0 Å². The maximum atomic E-state index is 11.9. The maximum Gasteiger partial charge on any atom is 0.307 e. The van der Waals surface area contributed by atoms with E-state index >= 15 is 0 Å². The minimum Gasteiger partial charge on any atom is -0.466 e. The molecule has 0 unspecified atom stereocenters. The third-order valence-corrected chi connectivity index (χ3v) is 9.58. The largest absolute Gasteiger partial charge is 0.466 e. The second kappa shape index (κ2) is 37.1. The van der Waals surface area contributed by atoms with Gasteiger partial charge in [-0.25, -0.2) is 0 Å². The summed E-state index contributed by atoms with van der Waals surface area (Å²) in [5.41, 5.74) is 0. The highest BCUT2D eigenvalue weighted by Crippen LogP contribution is 2.19. The van der Waals surface area contributed by atoms with Crippen molar-refractivity contribution in [2.24, 2.45) is 0 Å². The van der Waals surface area contributed by atoms with E-state index in [1.54, 1.807) is 0 Å². The van der Waals surface area contributed by atoms with E-state index in [0.717, 1.165) is 52.0 Å². The molecule has 2 atom stereocenters. The van der Waals surface area contributed by atoms with Crippen LogP contribution in [0.5, 0.6) is 0 Å². The number of rotatable bonds is 36. The highest BCUT2D eigenvalue weighted by molar-refractivity contribution is 5.69. The fourth-order valence-electron chi connectivity index (χ4n) is 6.45. The quantitative estimate of drug-likeness (QED) is 0.0370. The molecule has 1 rings (SSSR count). The van der Waals surface area contributed by atoms with Crippen molar-refractivity contribution in [1.82, 2.24) is 4.90 Å². The first-order valence-electron chi connectivity index (χ1n) is 21.4. The molecule has 1 aliphatic rings. The summed E-state index contributed by atoms with van der Waals surface area (Å²) in [5, 5.41) is 0. The first kappa shape index (κ1) is 46.3. The van der Waals surface area contributed by atoms with E-state index in [4.69, 9.17) is 14.2 Å². The molecule has 1 heterocycles. The number of carbonyl (C=O) groups is 1. The topological polar surface area (TPSA) is 48.0 Å². The van der Waals surface area contributed by atoms with Gasteiger partial charge in [-0.1, -0.05) is 140 Å². The number of hydrogen-bond acceptors (Lipinski definition) is 5. The van der Waals surface area contributed by atoms with Crippen LogP contribution in [0.1, 0.15) is 181 Å². The lowest BCUT2D eigenvalue weighted by Gasteiger charge is -2.20. The number of allylic oxidation sites excluding steroid dienone is 8. The summed E-state index contributed by atoms with van der Waals surface area (Å²) in [4.78, 5) is 14.3. The van der Waals surface area contributed by atoms with Crippen LogP contribution in [-0.2, 0) is 19.0 Å². The molecule has 1 fully saturated rings. The lowest BCUT2D eigenvalue weighted by molar-refractivity contribution is -0.143. The van der Waals surface area contributed by atoms with Gasteiger partial charge in [0.15, 0.2) is 0 Å². The third kappa shape index (κ3) is 30.0. The number of nitrogens with zero attached hydrogens (tertiary/aromatic N) is 1. The molecule has 0 aromatic rings. The number of esters is 1. The van der Waals surface area contributed by atoms with E-state index in [0.29, 0.717) is 19.6 Å². The molecular weight excluding hydrogens is 618 g/mol. The number of likely N-dealkylation sites (tertiary alicyclic amines) is 1. The lowest BCUT2D eigenvalue weighted by atomic mass is 10.1. The van der Waals surface area contributed by atoms with Crippen LogP contribution in [0.3, 0.4) is 0 Å². The Balaban J connectivity index is 2.15. The summed E-state index contributed by atoms with van der Waals surface area (Å²) in [6, 6.07) is 0. The lowest BCUT2D eigenvalue weighted by Crippen LogP contribution is -2.30. The molecule has 0 bridgehead atoms.